The van der Waals surface area contributed by atoms with Gasteiger partial charge in [-0.05, 0) is 31.0 Å². The minimum atomic E-state index is -4.13. The number of benzene rings is 1. The number of carbonyl (C=O) groups is 1. The van der Waals surface area contributed by atoms with Crippen molar-refractivity contribution in [1.82, 2.24) is 9.29 Å². The molecular formula is C17H17F2N3O4S. The Balaban J connectivity index is 1.77. The molecule has 0 spiro atoms. The summed E-state index contributed by atoms with van der Waals surface area (Å²) in [6, 6.07) is 5.24. The van der Waals surface area contributed by atoms with Crippen LogP contribution >= 0.6 is 0 Å². The molecule has 2 aromatic rings. The zero-order valence-corrected chi connectivity index (χ0v) is 15.0. The van der Waals surface area contributed by atoms with Gasteiger partial charge in [0.15, 0.2) is 0 Å². The van der Waals surface area contributed by atoms with E-state index in [1.807, 2.05) is 0 Å². The van der Waals surface area contributed by atoms with Crippen molar-refractivity contribution in [1.29, 1.82) is 0 Å². The largest absolute Gasteiger partial charge is 0.489 e. The molecule has 1 unspecified atom stereocenters. The predicted octanol–water partition coefficient (Wildman–Crippen LogP) is 1.69. The molecule has 1 atom stereocenters. The predicted molar refractivity (Wildman–Crippen MR) is 91.5 cm³/mol. The highest BCUT2D eigenvalue weighted by atomic mass is 32.2. The first-order chi connectivity index (χ1) is 12.8. The van der Waals surface area contributed by atoms with Gasteiger partial charge in [-0.2, -0.15) is 4.31 Å². The van der Waals surface area contributed by atoms with Crippen LogP contribution in [0.2, 0.25) is 0 Å². The molecule has 1 saturated heterocycles. The Morgan fingerprint density at radius 1 is 1.26 bits per heavy atom. The summed E-state index contributed by atoms with van der Waals surface area (Å²) in [5, 5.41) is 0. The van der Waals surface area contributed by atoms with Crippen molar-refractivity contribution in [2.45, 2.75) is 23.8 Å². The van der Waals surface area contributed by atoms with E-state index < -0.39 is 38.6 Å². The van der Waals surface area contributed by atoms with Crippen molar-refractivity contribution >= 4 is 15.9 Å². The molecular weight excluding hydrogens is 380 g/mol. The van der Waals surface area contributed by atoms with Crippen molar-refractivity contribution in [2.24, 2.45) is 5.73 Å². The number of aromatic nitrogens is 1. The zero-order chi connectivity index (χ0) is 19.6. The molecule has 2 N–H and O–H groups in total. The zero-order valence-electron chi connectivity index (χ0n) is 14.1. The molecule has 0 radical (unpaired) electrons. The number of amides is 1. The number of halogens is 2. The third kappa shape index (κ3) is 4.22. The first kappa shape index (κ1) is 19.2. The van der Waals surface area contributed by atoms with Gasteiger partial charge in [0.2, 0.25) is 10.0 Å². The number of ether oxygens (including phenoxy) is 1. The van der Waals surface area contributed by atoms with Crippen LogP contribution in [0.4, 0.5) is 8.78 Å². The minimum absolute atomic E-state index is 0.00657. The third-order valence-electron chi connectivity index (χ3n) is 4.14. The second-order valence-electron chi connectivity index (χ2n) is 6.06. The molecule has 7 nitrogen and oxygen atoms in total. The number of hydrogen-bond acceptors (Lipinski definition) is 5. The number of carbonyl (C=O) groups excluding carboxylic acids is 1. The number of nitrogens with two attached hydrogens (primary N) is 1. The molecule has 10 heteroatoms. The van der Waals surface area contributed by atoms with Crippen molar-refractivity contribution < 1.29 is 26.7 Å². The molecule has 1 aliphatic rings. The lowest BCUT2D eigenvalue weighted by atomic mass is 10.1. The van der Waals surface area contributed by atoms with Gasteiger partial charge >= 0.3 is 0 Å². The van der Waals surface area contributed by atoms with Gasteiger partial charge in [0.25, 0.3) is 5.91 Å². The molecule has 0 bridgehead atoms. The topological polar surface area (TPSA) is 103 Å². The molecule has 27 heavy (non-hydrogen) atoms. The van der Waals surface area contributed by atoms with Crippen molar-refractivity contribution in [3.05, 3.63) is 53.9 Å². The summed E-state index contributed by atoms with van der Waals surface area (Å²) in [4.78, 5) is 14.4. The first-order valence-electron chi connectivity index (χ1n) is 8.15. The number of pyridine rings is 1. The van der Waals surface area contributed by atoms with E-state index in [4.69, 9.17) is 10.5 Å². The van der Waals surface area contributed by atoms with Gasteiger partial charge in [-0.3, -0.25) is 9.78 Å². The molecule has 1 aromatic heterocycles. The van der Waals surface area contributed by atoms with Gasteiger partial charge in [0.1, 0.15) is 34.1 Å². The van der Waals surface area contributed by atoms with E-state index in [0.717, 1.165) is 16.4 Å². The van der Waals surface area contributed by atoms with E-state index in [1.54, 1.807) is 0 Å². The van der Waals surface area contributed by atoms with Crippen LogP contribution in [0.25, 0.3) is 0 Å². The van der Waals surface area contributed by atoms with Gasteiger partial charge < -0.3 is 10.5 Å². The van der Waals surface area contributed by atoms with Gasteiger partial charge in [-0.15, -0.1) is 0 Å². The highest BCUT2D eigenvalue weighted by Gasteiger charge is 2.33. The third-order valence-corrected chi connectivity index (χ3v) is 6.04. The Morgan fingerprint density at radius 3 is 2.74 bits per heavy atom. The second kappa shape index (κ2) is 7.57. The number of hydrogen-bond donors (Lipinski definition) is 1. The number of primary amides is 1. The van der Waals surface area contributed by atoms with Crippen molar-refractivity contribution in [3.63, 3.8) is 0 Å². The monoisotopic (exact) mass is 397 g/mol. The maximum absolute atomic E-state index is 13.9. The van der Waals surface area contributed by atoms with Crippen LogP contribution in [0, 0.1) is 11.6 Å². The molecule has 0 aliphatic carbocycles. The molecule has 1 aliphatic heterocycles. The molecule has 2 heterocycles. The van der Waals surface area contributed by atoms with Crippen LogP contribution in [-0.4, -0.2) is 42.8 Å². The minimum Gasteiger partial charge on any atom is -0.489 e. The fraction of sp³-hybridized carbons (Fsp3) is 0.294. The number of piperidine rings is 1. The standard InChI is InChI=1S/C17H17F2N3O4S/c18-11-3-4-16(14(19)8-11)27(24,25)22-7-1-2-13(10-22)26-12-5-6-21-15(9-12)17(20)23/h3-6,8-9,13H,1-2,7,10H2,(H2,20,23). The molecule has 1 amide bonds. The number of rotatable bonds is 5. The van der Waals surface area contributed by atoms with Crippen molar-refractivity contribution in [2.75, 3.05) is 13.1 Å². The fourth-order valence-electron chi connectivity index (χ4n) is 2.85. The summed E-state index contributed by atoms with van der Waals surface area (Å²) in [5.74, 6) is -2.37. The highest BCUT2D eigenvalue weighted by Crippen LogP contribution is 2.25. The summed E-state index contributed by atoms with van der Waals surface area (Å²) < 4.78 is 59.3. The van der Waals surface area contributed by atoms with Crippen LogP contribution < -0.4 is 10.5 Å². The normalized spacial score (nSPS) is 18.2. The molecule has 1 aromatic carbocycles. The lowest BCUT2D eigenvalue weighted by Crippen LogP contribution is -2.44. The number of sulfonamides is 1. The van der Waals surface area contributed by atoms with Crippen LogP contribution in [0.15, 0.2) is 41.4 Å². The molecule has 144 valence electrons. The highest BCUT2D eigenvalue weighted by molar-refractivity contribution is 7.89. The van der Waals surface area contributed by atoms with E-state index in [1.165, 1.54) is 18.3 Å². The van der Waals surface area contributed by atoms with E-state index >= 15 is 0 Å². The van der Waals surface area contributed by atoms with Gasteiger partial charge in [0, 0.05) is 24.9 Å². The summed E-state index contributed by atoms with van der Waals surface area (Å²) >= 11 is 0. The van der Waals surface area contributed by atoms with Crippen molar-refractivity contribution in [3.8, 4) is 5.75 Å². The van der Waals surface area contributed by atoms with Crippen LogP contribution in [0.3, 0.4) is 0 Å². The van der Waals surface area contributed by atoms with Crippen LogP contribution in [0.1, 0.15) is 23.3 Å². The quantitative estimate of drug-likeness (QED) is 0.827. The van der Waals surface area contributed by atoms with Crippen LogP contribution in [-0.2, 0) is 10.0 Å². The SMILES string of the molecule is NC(=O)c1cc(OC2CCCN(S(=O)(=O)c3ccc(F)cc3F)C2)ccn1. The number of nitrogens with zero attached hydrogens (tertiary/aromatic N) is 2. The smallest absolute Gasteiger partial charge is 0.267 e. The summed E-state index contributed by atoms with van der Waals surface area (Å²) in [5.41, 5.74) is 5.21. The average molecular weight is 397 g/mol. The Hall–Kier alpha value is -2.59. The van der Waals surface area contributed by atoms with Gasteiger partial charge in [-0.1, -0.05) is 0 Å². The second-order valence-corrected chi connectivity index (χ2v) is 7.97. The van der Waals surface area contributed by atoms with Crippen LogP contribution in [0.5, 0.6) is 5.75 Å². The molecule has 1 fully saturated rings. The summed E-state index contributed by atoms with van der Waals surface area (Å²) in [7, 11) is -4.13. The Bertz CT molecular complexity index is 968. The van der Waals surface area contributed by atoms with Gasteiger partial charge in [-0.25, -0.2) is 17.2 Å². The van der Waals surface area contributed by atoms with Gasteiger partial charge in [0.05, 0.1) is 6.54 Å². The van der Waals surface area contributed by atoms with E-state index in [2.05, 4.69) is 4.98 Å². The van der Waals surface area contributed by atoms with E-state index in [-0.39, 0.29) is 18.8 Å². The maximum atomic E-state index is 13.9. The maximum Gasteiger partial charge on any atom is 0.267 e. The summed E-state index contributed by atoms with van der Waals surface area (Å²) in [6.45, 7) is 0.190. The Labute approximate surface area is 154 Å². The van der Waals surface area contributed by atoms with E-state index in [9.17, 15) is 22.0 Å². The summed E-state index contributed by atoms with van der Waals surface area (Å²) in [6.07, 6.45) is 1.94. The lowest BCUT2D eigenvalue weighted by molar-refractivity contribution is 0.0993. The molecule has 0 saturated carbocycles. The fourth-order valence-corrected chi connectivity index (χ4v) is 4.41. The Morgan fingerprint density at radius 2 is 2.04 bits per heavy atom. The van der Waals surface area contributed by atoms with E-state index in [0.29, 0.717) is 24.7 Å². The molecule has 3 rings (SSSR count). The Kier molecular flexibility index (Phi) is 5.38. The first-order valence-corrected chi connectivity index (χ1v) is 9.59. The average Bonchev–Trinajstić information content (AvgIpc) is 2.62. The lowest BCUT2D eigenvalue weighted by Gasteiger charge is -2.32.